The van der Waals surface area contributed by atoms with Gasteiger partial charge in [0.05, 0.1) is 13.2 Å². The molecule has 1 rings (SSSR count). The predicted molar refractivity (Wildman–Crippen MR) is 76.6 cm³/mol. The van der Waals surface area contributed by atoms with Gasteiger partial charge in [0.25, 0.3) is 0 Å². The quantitative estimate of drug-likeness (QED) is 0.668. The molecule has 0 saturated heterocycles. The van der Waals surface area contributed by atoms with Crippen molar-refractivity contribution < 1.29 is 9.90 Å². The first-order valence-corrected chi connectivity index (χ1v) is 6.84. The van der Waals surface area contributed by atoms with Gasteiger partial charge in [-0.25, -0.2) is 0 Å². The molecule has 0 aliphatic carbocycles. The van der Waals surface area contributed by atoms with E-state index in [0.717, 1.165) is 24.0 Å². The molecule has 0 spiro atoms. The van der Waals surface area contributed by atoms with Crippen LogP contribution in [0.15, 0.2) is 24.3 Å². The molecule has 4 heteroatoms. The minimum absolute atomic E-state index is 0.0351. The second-order valence-electron chi connectivity index (χ2n) is 4.84. The predicted octanol–water partition coefficient (Wildman–Crippen LogP) is 1.57. The van der Waals surface area contributed by atoms with Crippen LogP contribution in [0.3, 0.4) is 0 Å². The highest BCUT2D eigenvalue weighted by molar-refractivity contribution is 5.78. The maximum absolute atomic E-state index is 11.6. The molecule has 0 saturated carbocycles. The molecule has 0 aliphatic heterocycles. The Morgan fingerprint density at radius 3 is 2.47 bits per heavy atom. The number of amides is 1. The van der Waals surface area contributed by atoms with Gasteiger partial charge in [0, 0.05) is 12.6 Å². The van der Waals surface area contributed by atoms with E-state index in [0.29, 0.717) is 13.1 Å². The van der Waals surface area contributed by atoms with E-state index in [1.54, 1.807) is 0 Å². The first kappa shape index (κ1) is 15.7. The Kier molecular flexibility index (Phi) is 7.15. The minimum Gasteiger partial charge on any atom is -0.392 e. The first-order valence-electron chi connectivity index (χ1n) is 6.84. The smallest absolute Gasteiger partial charge is 0.234 e. The molecule has 4 nitrogen and oxygen atoms in total. The van der Waals surface area contributed by atoms with Crippen LogP contribution in [0, 0.1) is 0 Å². The molecule has 0 radical (unpaired) electrons. The van der Waals surface area contributed by atoms with E-state index < -0.39 is 0 Å². The second-order valence-corrected chi connectivity index (χ2v) is 4.84. The van der Waals surface area contributed by atoms with Crippen LogP contribution in [0.5, 0.6) is 0 Å². The molecule has 0 heterocycles. The molecule has 106 valence electrons. The summed E-state index contributed by atoms with van der Waals surface area (Å²) in [6.07, 6.45) is 2.08. The van der Waals surface area contributed by atoms with Crippen LogP contribution in [0.1, 0.15) is 37.8 Å². The van der Waals surface area contributed by atoms with Crippen molar-refractivity contribution in [3.8, 4) is 0 Å². The van der Waals surface area contributed by atoms with Gasteiger partial charge in [-0.2, -0.15) is 0 Å². The van der Waals surface area contributed by atoms with Gasteiger partial charge in [0.2, 0.25) is 5.91 Å². The van der Waals surface area contributed by atoms with Crippen molar-refractivity contribution in [2.75, 3.05) is 6.54 Å². The summed E-state index contributed by atoms with van der Waals surface area (Å²) in [5.41, 5.74) is 2.00. The van der Waals surface area contributed by atoms with Crippen LogP contribution in [0.4, 0.5) is 0 Å². The van der Waals surface area contributed by atoms with Crippen LogP contribution in [0.25, 0.3) is 0 Å². The molecule has 1 amide bonds. The minimum atomic E-state index is 0.0351. The van der Waals surface area contributed by atoms with Crippen molar-refractivity contribution in [3.63, 3.8) is 0 Å². The number of hydrogen-bond acceptors (Lipinski definition) is 3. The highest BCUT2D eigenvalue weighted by Crippen LogP contribution is 2.03. The van der Waals surface area contributed by atoms with Crippen molar-refractivity contribution in [3.05, 3.63) is 35.4 Å². The van der Waals surface area contributed by atoms with Crippen molar-refractivity contribution in [2.24, 2.45) is 0 Å². The lowest BCUT2D eigenvalue weighted by molar-refractivity contribution is -0.120. The summed E-state index contributed by atoms with van der Waals surface area (Å²) < 4.78 is 0. The molecule has 19 heavy (non-hydrogen) atoms. The van der Waals surface area contributed by atoms with Crippen molar-refractivity contribution in [1.29, 1.82) is 0 Å². The zero-order valence-corrected chi connectivity index (χ0v) is 11.8. The Labute approximate surface area is 115 Å². The van der Waals surface area contributed by atoms with E-state index in [1.165, 1.54) is 0 Å². The monoisotopic (exact) mass is 264 g/mol. The van der Waals surface area contributed by atoms with E-state index >= 15 is 0 Å². The van der Waals surface area contributed by atoms with E-state index in [1.807, 2.05) is 31.2 Å². The summed E-state index contributed by atoms with van der Waals surface area (Å²) >= 11 is 0. The fraction of sp³-hybridized carbons (Fsp3) is 0.533. The zero-order chi connectivity index (χ0) is 14.1. The maximum Gasteiger partial charge on any atom is 0.234 e. The number of rotatable bonds is 8. The Morgan fingerprint density at radius 2 is 1.89 bits per heavy atom. The third-order valence-corrected chi connectivity index (χ3v) is 2.95. The third-order valence-electron chi connectivity index (χ3n) is 2.95. The SMILES string of the molecule is CCCC(C)NC(=O)CNCc1ccc(CO)cc1. The topological polar surface area (TPSA) is 61.4 Å². The number of carbonyl (C=O) groups excluding carboxylic acids is 1. The van der Waals surface area contributed by atoms with Crippen LogP contribution >= 0.6 is 0 Å². The molecule has 1 unspecified atom stereocenters. The lowest BCUT2D eigenvalue weighted by Gasteiger charge is -2.13. The van der Waals surface area contributed by atoms with Gasteiger partial charge < -0.3 is 15.7 Å². The largest absolute Gasteiger partial charge is 0.392 e. The van der Waals surface area contributed by atoms with Crippen LogP contribution < -0.4 is 10.6 Å². The molecule has 1 aromatic rings. The zero-order valence-electron chi connectivity index (χ0n) is 11.8. The van der Waals surface area contributed by atoms with Crippen molar-refractivity contribution in [2.45, 2.75) is 45.9 Å². The summed E-state index contributed by atoms with van der Waals surface area (Å²) in [6, 6.07) is 7.93. The van der Waals surface area contributed by atoms with Gasteiger partial charge in [-0.3, -0.25) is 4.79 Å². The second kappa shape index (κ2) is 8.67. The molecule has 0 fully saturated rings. The summed E-state index contributed by atoms with van der Waals surface area (Å²) in [7, 11) is 0. The summed E-state index contributed by atoms with van der Waals surface area (Å²) in [6.45, 7) is 5.18. The van der Waals surface area contributed by atoms with Crippen molar-refractivity contribution >= 4 is 5.91 Å². The molecular formula is C15H24N2O2. The van der Waals surface area contributed by atoms with Gasteiger partial charge in [0.1, 0.15) is 0 Å². The summed E-state index contributed by atoms with van der Waals surface area (Å²) in [5, 5.41) is 15.0. The average Bonchev–Trinajstić information content (AvgIpc) is 2.39. The van der Waals surface area contributed by atoms with E-state index in [9.17, 15) is 4.79 Å². The summed E-state index contributed by atoms with van der Waals surface area (Å²) in [4.78, 5) is 11.6. The Balaban J connectivity index is 2.23. The number of hydrogen-bond donors (Lipinski definition) is 3. The average molecular weight is 264 g/mol. The molecule has 0 bridgehead atoms. The molecular weight excluding hydrogens is 240 g/mol. The van der Waals surface area contributed by atoms with E-state index in [-0.39, 0.29) is 18.6 Å². The Morgan fingerprint density at radius 1 is 1.26 bits per heavy atom. The number of aliphatic hydroxyl groups excluding tert-OH is 1. The Hall–Kier alpha value is -1.39. The lowest BCUT2D eigenvalue weighted by atomic mass is 10.1. The molecule has 0 aromatic heterocycles. The molecule has 3 N–H and O–H groups in total. The van der Waals surface area contributed by atoms with Gasteiger partial charge in [-0.1, -0.05) is 37.6 Å². The number of nitrogens with one attached hydrogen (secondary N) is 2. The van der Waals surface area contributed by atoms with E-state index in [2.05, 4.69) is 17.6 Å². The van der Waals surface area contributed by atoms with Crippen LogP contribution in [-0.4, -0.2) is 23.6 Å². The van der Waals surface area contributed by atoms with Gasteiger partial charge >= 0.3 is 0 Å². The lowest BCUT2D eigenvalue weighted by Crippen LogP contribution is -2.38. The third kappa shape index (κ3) is 6.36. The fourth-order valence-corrected chi connectivity index (χ4v) is 1.91. The molecule has 1 atom stereocenters. The maximum atomic E-state index is 11.6. The van der Waals surface area contributed by atoms with E-state index in [4.69, 9.17) is 5.11 Å². The van der Waals surface area contributed by atoms with Gasteiger partial charge in [-0.05, 0) is 24.5 Å². The standard InChI is InChI=1S/C15H24N2O2/c1-3-4-12(2)17-15(19)10-16-9-13-5-7-14(11-18)8-6-13/h5-8,12,16,18H,3-4,9-11H2,1-2H3,(H,17,19). The fourth-order valence-electron chi connectivity index (χ4n) is 1.91. The number of benzene rings is 1. The summed E-state index contributed by atoms with van der Waals surface area (Å²) in [5.74, 6) is 0.0351. The van der Waals surface area contributed by atoms with Crippen LogP contribution in [0.2, 0.25) is 0 Å². The highest BCUT2D eigenvalue weighted by atomic mass is 16.3. The first-order chi connectivity index (χ1) is 9.15. The van der Waals surface area contributed by atoms with Crippen molar-refractivity contribution in [1.82, 2.24) is 10.6 Å². The number of aliphatic hydroxyl groups is 1. The van der Waals surface area contributed by atoms with Crippen LogP contribution in [-0.2, 0) is 17.9 Å². The van der Waals surface area contributed by atoms with Gasteiger partial charge in [0.15, 0.2) is 0 Å². The number of carbonyl (C=O) groups is 1. The van der Waals surface area contributed by atoms with Gasteiger partial charge in [-0.15, -0.1) is 0 Å². The Bertz CT molecular complexity index is 376. The highest BCUT2D eigenvalue weighted by Gasteiger charge is 2.05. The molecule has 1 aromatic carbocycles. The normalized spacial score (nSPS) is 12.2. The molecule has 0 aliphatic rings.